The average Bonchev–Trinajstić information content (AvgIpc) is 2.83. The summed E-state index contributed by atoms with van der Waals surface area (Å²) in [6.45, 7) is 1.96. The van der Waals surface area contributed by atoms with Crippen LogP contribution in [0.2, 0.25) is 0 Å². The van der Waals surface area contributed by atoms with E-state index in [9.17, 15) is 0 Å². The molecule has 0 bridgehead atoms. The lowest BCUT2D eigenvalue weighted by Gasteiger charge is -2.17. The average molecular weight is 321 g/mol. The highest BCUT2D eigenvalue weighted by molar-refractivity contribution is 5.89. The lowest BCUT2D eigenvalue weighted by molar-refractivity contribution is 0.618. The van der Waals surface area contributed by atoms with Crippen molar-refractivity contribution in [3.63, 3.8) is 0 Å². The van der Waals surface area contributed by atoms with Crippen LogP contribution >= 0.6 is 0 Å². The summed E-state index contributed by atoms with van der Waals surface area (Å²) >= 11 is 0. The molecule has 24 heavy (non-hydrogen) atoms. The van der Waals surface area contributed by atoms with E-state index in [2.05, 4.69) is 32.4 Å². The summed E-state index contributed by atoms with van der Waals surface area (Å²) in [5.74, 6) is 0.953. The number of H-pyrrole nitrogens is 1. The number of hydrogen-bond donors (Lipinski definition) is 2. The molecule has 3 aromatic heterocycles. The van der Waals surface area contributed by atoms with Crippen molar-refractivity contribution < 1.29 is 0 Å². The van der Waals surface area contributed by atoms with Crippen molar-refractivity contribution in [2.75, 3.05) is 5.32 Å². The van der Waals surface area contributed by atoms with E-state index in [1.165, 1.54) is 38.5 Å². The SMILES string of the molecule is Cc1cnc2[nH]cc(-c3cccc(NC4CCCCCC4)n3)c2n1. The standard InChI is InChI=1S/C19H23N5/c1-13-11-20-19-18(22-13)15(12-21-19)16-9-6-10-17(24-16)23-14-7-4-2-3-5-8-14/h6,9-12,14H,2-5,7-8H2,1H3,(H,20,21)(H,23,24). The number of aryl methyl sites for hydroxylation is 1. The maximum Gasteiger partial charge on any atom is 0.156 e. The van der Waals surface area contributed by atoms with Crippen LogP contribution in [0.1, 0.15) is 44.2 Å². The van der Waals surface area contributed by atoms with Crippen molar-refractivity contribution in [1.29, 1.82) is 0 Å². The van der Waals surface area contributed by atoms with Crippen molar-refractivity contribution in [3.8, 4) is 11.3 Å². The van der Waals surface area contributed by atoms with Crippen LogP contribution < -0.4 is 5.32 Å². The molecule has 1 aliphatic rings. The molecule has 0 atom stereocenters. The monoisotopic (exact) mass is 321 g/mol. The van der Waals surface area contributed by atoms with Gasteiger partial charge in [-0.1, -0.05) is 31.7 Å². The molecule has 1 aliphatic carbocycles. The fourth-order valence-corrected chi connectivity index (χ4v) is 3.47. The van der Waals surface area contributed by atoms with Crippen molar-refractivity contribution >= 4 is 17.0 Å². The van der Waals surface area contributed by atoms with Gasteiger partial charge < -0.3 is 10.3 Å². The summed E-state index contributed by atoms with van der Waals surface area (Å²) in [5.41, 5.74) is 4.54. The second-order valence-corrected chi connectivity index (χ2v) is 6.65. The van der Waals surface area contributed by atoms with E-state index in [4.69, 9.17) is 4.98 Å². The topological polar surface area (TPSA) is 66.5 Å². The van der Waals surface area contributed by atoms with Crippen LogP contribution in [0, 0.1) is 6.92 Å². The van der Waals surface area contributed by atoms with Crippen LogP contribution in [0.25, 0.3) is 22.4 Å². The van der Waals surface area contributed by atoms with Gasteiger partial charge in [0.25, 0.3) is 0 Å². The lowest BCUT2D eigenvalue weighted by atomic mass is 10.1. The Labute approximate surface area is 142 Å². The molecule has 124 valence electrons. The predicted octanol–water partition coefficient (Wildman–Crippen LogP) is 4.46. The summed E-state index contributed by atoms with van der Waals surface area (Å²) in [4.78, 5) is 17.0. The molecule has 5 nitrogen and oxygen atoms in total. The molecular formula is C19H23N5. The molecule has 0 radical (unpaired) electrons. The van der Waals surface area contributed by atoms with Gasteiger partial charge in [0.1, 0.15) is 11.3 Å². The Hall–Kier alpha value is -2.43. The van der Waals surface area contributed by atoms with Crippen LogP contribution in [0.4, 0.5) is 5.82 Å². The van der Waals surface area contributed by atoms with E-state index < -0.39 is 0 Å². The molecule has 0 saturated heterocycles. The minimum atomic E-state index is 0.542. The van der Waals surface area contributed by atoms with E-state index in [0.717, 1.165) is 33.9 Å². The zero-order valence-electron chi connectivity index (χ0n) is 14.0. The minimum Gasteiger partial charge on any atom is -0.367 e. The maximum atomic E-state index is 4.82. The summed E-state index contributed by atoms with van der Waals surface area (Å²) in [6.07, 6.45) is 11.6. The number of rotatable bonds is 3. The van der Waals surface area contributed by atoms with Gasteiger partial charge in [-0.3, -0.25) is 0 Å². The number of nitrogens with zero attached hydrogens (tertiary/aromatic N) is 3. The molecule has 2 N–H and O–H groups in total. The Morgan fingerprint density at radius 3 is 2.75 bits per heavy atom. The Balaban J connectivity index is 1.62. The zero-order valence-corrected chi connectivity index (χ0v) is 14.0. The third-order valence-corrected chi connectivity index (χ3v) is 4.73. The second-order valence-electron chi connectivity index (χ2n) is 6.65. The summed E-state index contributed by atoms with van der Waals surface area (Å²) in [5, 5.41) is 3.63. The fraction of sp³-hybridized carbons (Fsp3) is 0.421. The van der Waals surface area contributed by atoms with Crippen LogP contribution in [0.5, 0.6) is 0 Å². The molecule has 3 heterocycles. The Morgan fingerprint density at radius 1 is 1.08 bits per heavy atom. The van der Waals surface area contributed by atoms with Crippen LogP contribution in [0.15, 0.2) is 30.6 Å². The van der Waals surface area contributed by atoms with E-state index in [0.29, 0.717) is 6.04 Å². The molecule has 1 saturated carbocycles. The van der Waals surface area contributed by atoms with Crippen LogP contribution in [0.3, 0.4) is 0 Å². The predicted molar refractivity (Wildman–Crippen MR) is 97.0 cm³/mol. The molecule has 0 aliphatic heterocycles. The van der Waals surface area contributed by atoms with E-state index in [1.807, 2.05) is 19.2 Å². The number of aromatic nitrogens is 4. The van der Waals surface area contributed by atoms with E-state index in [-0.39, 0.29) is 0 Å². The first-order valence-electron chi connectivity index (χ1n) is 8.84. The highest BCUT2D eigenvalue weighted by Crippen LogP contribution is 2.27. The third-order valence-electron chi connectivity index (χ3n) is 4.73. The highest BCUT2D eigenvalue weighted by atomic mass is 15.0. The highest BCUT2D eigenvalue weighted by Gasteiger charge is 2.14. The van der Waals surface area contributed by atoms with Gasteiger partial charge in [0.15, 0.2) is 5.65 Å². The first kappa shape index (κ1) is 15.1. The van der Waals surface area contributed by atoms with Crippen molar-refractivity contribution in [2.45, 2.75) is 51.5 Å². The normalized spacial score (nSPS) is 16.2. The third kappa shape index (κ3) is 3.11. The van der Waals surface area contributed by atoms with Gasteiger partial charge in [0, 0.05) is 17.8 Å². The van der Waals surface area contributed by atoms with E-state index in [1.54, 1.807) is 6.20 Å². The molecule has 3 aromatic rings. The Kier molecular flexibility index (Phi) is 4.15. The molecule has 4 rings (SSSR count). The summed E-state index contributed by atoms with van der Waals surface area (Å²) in [7, 11) is 0. The lowest BCUT2D eigenvalue weighted by Crippen LogP contribution is -2.19. The van der Waals surface area contributed by atoms with Crippen LogP contribution in [-0.2, 0) is 0 Å². The molecule has 1 fully saturated rings. The maximum absolute atomic E-state index is 4.82. The van der Waals surface area contributed by atoms with Gasteiger partial charge in [-0.15, -0.1) is 0 Å². The molecular weight excluding hydrogens is 298 g/mol. The molecule has 0 aromatic carbocycles. The summed E-state index contributed by atoms with van der Waals surface area (Å²) < 4.78 is 0. The largest absolute Gasteiger partial charge is 0.367 e. The number of hydrogen-bond acceptors (Lipinski definition) is 4. The van der Waals surface area contributed by atoms with Crippen molar-refractivity contribution in [3.05, 3.63) is 36.3 Å². The fourth-order valence-electron chi connectivity index (χ4n) is 3.47. The van der Waals surface area contributed by atoms with Crippen molar-refractivity contribution in [1.82, 2.24) is 19.9 Å². The first-order valence-corrected chi connectivity index (χ1v) is 8.84. The Morgan fingerprint density at radius 2 is 1.92 bits per heavy atom. The minimum absolute atomic E-state index is 0.542. The summed E-state index contributed by atoms with van der Waals surface area (Å²) in [6, 6.07) is 6.69. The smallest absolute Gasteiger partial charge is 0.156 e. The second kappa shape index (κ2) is 6.59. The van der Waals surface area contributed by atoms with Gasteiger partial charge in [-0.05, 0) is 31.9 Å². The van der Waals surface area contributed by atoms with Crippen molar-refractivity contribution in [2.24, 2.45) is 0 Å². The molecule has 0 amide bonds. The van der Waals surface area contributed by atoms with E-state index >= 15 is 0 Å². The molecule has 0 spiro atoms. The zero-order chi connectivity index (χ0) is 16.4. The number of fused-ring (bicyclic) bond motifs is 1. The number of nitrogens with one attached hydrogen (secondary N) is 2. The Bertz CT molecular complexity index is 831. The van der Waals surface area contributed by atoms with Gasteiger partial charge >= 0.3 is 0 Å². The van der Waals surface area contributed by atoms with Gasteiger partial charge in [0.2, 0.25) is 0 Å². The van der Waals surface area contributed by atoms with Crippen LogP contribution in [-0.4, -0.2) is 26.0 Å². The quantitative estimate of drug-likeness (QED) is 0.699. The number of aromatic amines is 1. The number of anilines is 1. The molecule has 0 unspecified atom stereocenters. The molecule has 5 heteroatoms. The number of pyridine rings is 1. The van der Waals surface area contributed by atoms with Gasteiger partial charge in [-0.25, -0.2) is 15.0 Å². The van der Waals surface area contributed by atoms with Gasteiger partial charge in [-0.2, -0.15) is 0 Å². The first-order chi connectivity index (χ1) is 11.8. The van der Waals surface area contributed by atoms with Gasteiger partial charge in [0.05, 0.1) is 17.6 Å².